The molecule has 2 N–H and O–H groups in total. The van der Waals surface area contributed by atoms with Gasteiger partial charge in [0.25, 0.3) is 0 Å². The van der Waals surface area contributed by atoms with Gasteiger partial charge in [0.2, 0.25) is 5.78 Å². The van der Waals surface area contributed by atoms with Crippen LogP contribution in [-0.4, -0.2) is 22.7 Å². The van der Waals surface area contributed by atoms with Gasteiger partial charge in [-0.25, -0.2) is 0 Å². The molecule has 2 aromatic rings. The highest BCUT2D eigenvalue weighted by Crippen LogP contribution is 2.27. The van der Waals surface area contributed by atoms with Crippen LogP contribution < -0.4 is 10.5 Å². The van der Waals surface area contributed by atoms with Crippen LogP contribution in [0.15, 0.2) is 23.7 Å². The van der Waals surface area contributed by atoms with Crippen LogP contribution in [0.2, 0.25) is 0 Å². The minimum Gasteiger partial charge on any atom is -0.493 e. The van der Waals surface area contributed by atoms with Gasteiger partial charge >= 0.3 is 0 Å². The van der Waals surface area contributed by atoms with Gasteiger partial charge in [0, 0.05) is 10.9 Å². The quantitative estimate of drug-likeness (QED) is 0.853. The highest BCUT2D eigenvalue weighted by molar-refractivity contribution is 7.10. The zero-order chi connectivity index (χ0) is 14.0. The second-order valence-electron chi connectivity index (χ2n) is 4.46. The fourth-order valence-electron chi connectivity index (χ4n) is 1.87. The Kier molecular flexibility index (Phi) is 4.01. The first kappa shape index (κ1) is 13.8. The summed E-state index contributed by atoms with van der Waals surface area (Å²) in [6.45, 7) is 3.92. The highest BCUT2D eigenvalue weighted by Gasteiger charge is 2.27. The van der Waals surface area contributed by atoms with Crippen LogP contribution in [0.3, 0.4) is 0 Å². The molecular weight excluding hydrogens is 262 g/mol. The number of rotatable bonds is 5. The third-order valence-corrected chi connectivity index (χ3v) is 3.79. The lowest BCUT2D eigenvalue weighted by Gasteiger charge is -2.14. The third-order valence-electron chi connectivity index (χ3n) is 2.84. The number of nitrogens with zero attached hydrogens (tertiary/aromatic N) is 2. The molecule has 19 heavy (non-hydrogen) atoms. The number of hydrogen-bond donors (Lipinski definition) is 1. The molecule has 2 aromatic heterocycles. The number of hydrogen-bond acceptors (Lipinski definition) is 5. The molecule has 2 rings (SSSR count). The molecule has 0 spiro atoms. The van der Waals surface area contributed by atoms with Crippen molar-refractivity contribution < 1.29 is 9.53 Å². The van der Waals surface area contributed by atoms with Gasteiger partial charge in [0.15, 0.2) is 5.75 Å². The van der Waals surface area contributed by atoms with Crippen LogP contribution in [0.25, 0.3) is 0 Å². The molecule has 2 heterocycles. The van der Waals surface area contributed by atoms with Crippen molar-refractivity contribution in [1.82, 2.24) is 9.78 Å². The highest BCUT2D eigenvalue weighted by atomic mass is 32.1. The maximum atomic E-state index is 12.6. The molecule has 0 radical (unpaired) electrons. The number of Topliss-reactive ketones (excluding diaryl/α,β-unsaturated/α-hetero) is 1. The zero-order valence-corrected chi connectivity index (χ0v) is 12.0. The summed E-state index contributed by atoms with van der Waals surface area (Å²) in [6, 6.07) is 3.13. The monoisotopic (exact) mass is 279 g/mol. The van der Waals surface area contributed by atoms with E-state index in [9.17, 15) is 4.79 Å². The summed E-state index contributed by atoms with van der Waals surface area (Å²) in [5, 5.41) is 6.09. The Balaban J connectivity index is 2.40. The Labute approximate surface area is 116 Å². The molecule has 0 aromatic carbocycles. The van der Waals surface area contributed by atoms with Crippen molar-refractivity contribution in [3.63, 3.8) is 0 Å². The number of thiophene rings is 1. The van der Waals surface area contributed by atoms with Crippen LogP contribution in [0.1, 0.15) is 41.3 Å². The first-order valence-electron chi connectivity index (χ1n) is 6.01. The average molecular weight is 279 g/mol. The largest absolute Gasteiger partial charge is 0.493 e. The Bertz CT molecular complexity index is 560. The van der Waals surface area contributed by atoms with Crippen molar-refractivity contribution in [3.05, 3.63) is 34.3 Å². The van der Waals surface area contributed by atoms with E-state index >= 15 is 0 Å². The van der Waals surface area contributed by atoms with E-state index in [1.54, 1.807) is 10.9 Å². The van der Waals surface area contributed by atoms with Crippen molar-refractivity contribution in [1.29, 1.82) is 0 Å². The van der Waals surface area contributed by atoms with E-state index in [2.05, 4.69) is 5.10 Å². The molecule has 1 atom stereocenters. The molecular formula is C13H17N3O2S. The fraction of sp³-hybridized carbons (Fsp3) is 0.385. The van der Waals surface area contributed by atoms with Gasteiger partial charge in [-0.3, -0.25) is 9.48 Å². The molecule has 0 saturated heterocycles. The molecule has 0 saturated carbocycles. The van der Waals surface area contributed by atoms with Gasteiger partial charge < -0.3 is 10.5 Å². The summed E-state index contributed by atoms with van der Waals surface area (Å²) in [4.78, 5) is 13.4. The molecule has 0 aliphatic carbocycles. The van der Waals surface area contributed by atoms with E-state index in [-0.39, 0.29) is 11.8 Å². The van der Waals surface area contributed by atoms with Crippen molar-refractivity contribution >= 4 is 17.1 Å². The summed E-state index contributed by atoms with van der Waals surface area (Å²) in [7, 11) is 1.52. The van der Waals surface area contributed by atoms with Gasteiger partial charge in [-0.1, -0.05) is 6.07 Å². The first-order valence-corrected chi connectivity index (χ1v) is 6.89. The lowest BCUT2D eigenvalue weighted by molar-refractivity contribution is 0.0947. The van der Waals surface area contributed by atoms with Crippen LogP contribution in [0.5, 0.6) is 5.75 Å². The van der Waals surface area contributed by atoms with Gasteiger partial charge in [0.1, 0.15) is 11.7 Å². The lowest BCUT2D eigenvalue weighted by Crippen LogP contribution is -2.24. The van der Waals surface area contributed by atoms with Crippen LogP contribution in [-0.2, 0) is 0 Å². The lowest BCUT2D eigenvalue weighted by atomic mass is 10.1. The Morgan fingerprint density at radius 2 is 2.26 bits per heavy atom. The normalized spacial score (nSPS) is 12.7. The number of aromatic nitrogens is 2. The Hall–Kier alpha value is -1.66. The van der Waals surface area contributed by atoms with Crippen molar-refractivity contribution in [3.8, 4) is 5.75 Å². The summed E-state index contributed by atoms with van der Waals surface area (Å²) in [5.74, 6) is 0.288. The summed E-state index contributed by atoms with van der Waals surface area (Å²) in [5.41, 5.74) is 6.46. The number of ketones is 1. The molecule has 0 bridgehead atoms. The smallest absolute Gasteiger partial charge is 0.206 e. The third kappa shape index (κ3) is 2.54. The number of methoxy groups -OCH3 is 1. The van der Waals surface area contributed by atoms with Crippen LogP contribution >= 0.6 is 11.3 Å². The number of ether oxygens (including phenoxy) is 1. The van der Waals surface area contributed by atoms with Crippen molar-refractivity contribution in [2.75, 3.05) is 7.11 Å². The molecule has 1 unspecified atom stereocenters. The van der Waals surface area contributed by atoms with Gasteiger partial charge in [-0.05, 0) is 25.3 Å². The molecule has 6 heteroatoms. The maximum Gasteiger partial charge on any atom is 0.206 e. The molecule has 0 aliphatic rings. The molecule has 0 fully saturated rings. The minimum absolute atomic E-state index is 0.0679. The molecule has 102 valence electrons. The van der Waals surface area contributed by atoms with E-state index in [0.29, 0.717) is 11.4 Å². The van der Waals surface area contributed by atoms with E-state index in [0.717, 1.165) is 4.88 Å². The summed E-state index contributed by atoms with van der Waals surface area (Å²) < 4.78 is 6.86. The number of carbonyl (C=O) groups is 1. The second kappa shape index (κ2) is 5.54. The number of nitrogens with two attached hydrogens (primary N) is 1. The van der Waals surface area contributed by atoms with Gasteiger partial charge in [0.05, 0.1) is 13.3 Å². The predicted molar refractivity (Wildman–Crippen MR) is 74.7 cm³/mol. The van der Waals surface area contributed by atoms with Crippen molar-refractivity contribution in [2.45, 2.75) is 25.9 Å². The average Bonchev–Trinajstić information content (AvgIpc) is 3.05. The molecule has 0 aliphatic heterocycles. The fourth-order valence-corrected chi connectivity index (χ4v) is 2.59. The molecule has 0 amide bonds. The second-order valence-corrected chi connectivity index (χ2v) is 5.44. The van der Waals surface area contributed by atoms with Crippen LogP contribution in [0, 0.1) is 0 Å². The van der Waals surface area contributed by atoms with Crippen molar-refractivity contribution in [2.24, 2.45) is 5.73 Å². The Morgan fingerprint density at radius 1 is 1.53 bits per heavy atom. The topological polar surface area (TPSA) is 70.1 Å². The van der Waals surface area contributed by atoms with Crippen LogP contribution in [0.4, 0.5) is 0 Å². The summed E-state index contributed by atoms with van der Waals surface area (Å²) in [6.07, 6.45) is 1.55. The predicted octanol–water partition coefficient (Wildman–Crippen LogP) is 2.42. The van der Waals surface area contributed by atoms with E-state index < -0.39 is 6.04 Å². The minimum atomic E-state index is -0.678. The standard InChI is InChI=1S/C13H17N3O2S/c1-8(2)16-12(9(18-3)7-15-16)13(17)11(14)10-5-4-6-19-10/h4-8,11H,14H2,1-3H3. The molecule has 5 nitrogen and oxygen atoms in total. The first-order chi connectivity index (χ1) is 9.06. The zero-order valence-electron chi connectivity index (χ0n) is 11.2. The van der Waals surface area contributed by atoms with Gasteiger partial charge in [-0.15, -0.1) is 11.3 Å². The number of carbonyl (C=O) groups excluding carboxylic acids is 1. The van der Waals surface area contributed by atoms with E-state index in [1.807, 2.05) is 31.4 Å². The Morgan fingerprint density at radius 3 is 2.79 bits per heavy atom. The summed E-state index contributed by atoms with van der Waals surface area (Å²) >= 11 is 1.47. The maximum absolute atomic E-state index is 12.6. The van der Waals surface area contributed by atoms with E-state index in [4.69, 9.17) is 10.5 Å². The SMILES string of the molecule is COc1cnn(C(C)C)c1C(=O)C(N)c1cccs1. The van der Waals surface area contributed by atoms with E-state index in [1.165, 1.54) is 18.4 Å². The van der Waals surface area contributed by atoms with Gasteiger partial charge in [-0.2, -0.15) is 5.10 Å².